The molecule has 0 bridgehead atoms. The molecule has 0 spiro atoms. The number of thiophene rings is 1. The fourth-order valence-corrected chi connectivity index (χ4v) is 8.45. The highest BCUT2D eigenvalue weighted by Crippen LogP contribution is 2.41. The van der Waals surface area contributed by atoms with Crippen molar-refractivity contribution in [2.75, 3.05) is 65.0 Å². The van der Waals surface area contributed by atoms with Gasteiger partial charge in [0.05, 0.1) is 14.2 Å². The number of piperidine rings is 2. The Morgan fingerprint density at radius 3 is 1.98 bits per heavy atom. The van der Waals surface area contributed by atoms with Gasteiger partial charge in [-0.2, -0.15) is 12.6 Å². The number of likely N-dealkylation sites (tertiary alicyclic amines) is 2. The number of methoxy groups -OCH3 is 2. The normalized spacial score (nSPS) is 15.8. The second-order valence-corrected chi connectivity index (χ2v) is 14.3. The molecule has 0 atom stereocenters. The fourth-order valence-electron chi connectivity index (χ4n) is 6.02. The molecule has 0 N–H and O–H groups in total. The molecule has 0 amide bonds. The molecular weight excluding hydrogens is 617 g/mol. The summed E-state index contributed by atoms with van der Waals surface area (Å²) in [6.07, 6.45) is 8.24. The first-order chi connectivity index (χ1) is 22.1. The fraction of sp³-hybridized carbons (Fsp3) is 0.432. The van der Waals surface area contributed by atoms with Crippen LogP contribution in [0.25, 0.3) is 20.5 Å². The van der Waals surface area contributed by atoms with Crippen molar-refractivity contribution in [2.45, 2.75) is 43.4 Å². The first kappa shape index (κ1) is 33.9. The van der Waals surface area contributed by atoms with E-state index in [1.165, 1.54) is 76.1 Å². The molecule has 0 saturated carbocycles. The largest absolute Gasteiger partial charge is 0.497 e. The molecule has 2 fully saturated rings. The van der Waals surface area contributed by atoms with Gasteiger partial charge in [-0.3, -0.25) is 4.79 Å². The van der Waals surface area contributed by atoms with Gasteiger partial charge in [-0.05, 0) is 124 Å². The molecular formula is C37H46N2O3S3. The van der Waals surface area contributed by atoms with Gasteiger partial charge in [0.25, 0.3) is 0 Å². The monoisotopic (exact) mass is 662 g/mol. The van der Waals surface area contributed by atoms with E-state index >= 15 is 0 Å². The van der Waals surface area contributed by atoms with Crippen LogP contribution in [0.3, 0.4) is 0 Å². The van der Waals surface area contributed by atoms with E-state index in [9.17, 15) is 4.79 Å². The quantitative estimate of drug-likeness (QED) is 0.0984. The summed E-state index contributed by atoms with van der Waals surface area (Å²) < 4.78 is 11.8. The van der Waals surface area contributed by atoms with Gasteiger partial charge in [-0.15, -0.1) is 23.1 Å². The van der Waals surface area contributed by atoms with E-state index < -0.39 is 0 Å². The van der Waals surface area contributed by atoms with Crippen molar-refractivity contribution in [2.24, 2.45) is 0 Å². The van der Waals surface area contributed by atoms with Crippen LogP contribution in [0.15, 0.2) is 71.6 Å². The number of nitrogens with zero attached hydrogens (tertiary/aromatic N) is 2. The van der Waals surface area contributed by atoms with Crippen molar-refractivity contribution in [3.05, 3.63) is 77.9 Å². The minimum atomic E-state index is 0.0436. The number of thiol groups is 1. The van der Waals surface area contributed by atoms with Gasteiger partial charge in [-0.25, -0.2) is 0 Å². The van der Waals surface area contributed by atoms with Crippen molar-refractivity contribution >= 4 is 51.6 Å². The lowest BCUT2D eigenvalue weighted by molar-refractivity contribution is 0.104. The summed E-state index contributed by atoms with van der Waals surface area (Å²) in [4.78, 5) is 21.1. The maximum atomic E-state index is 13.9. The summed E-state index contributed by atoms with van der Waals surface area (Å²) in [5.41, 5.74) is 2.46. The summed E-state index contributed by atoms with van der Waals surface area (Å²) in [5, 5.41) is 0.955. The van der Waals surface area contributed by atoms with Crippen LogP contribution in [0.4, 0.5) is 0 Å². The molecule has 0 aliphatic carbocycles. The number of ketones is 1. The summed E-state index contributed by atoms with van der Waals surface area (Å²) in [5.74, 6) is 3.71. The first-order valence-corrected chi connectivity index (χ1v) is 18.6. The van der Waals surface area contributed by atoms with E-state index in [2.05, 4.69) is 34.6 Å². The number of carbonyl (C=O) groups excluding carboxylic acids is 1. The SMILES string of the molecule is COc1ccc(-c2sc3cc(OC)ccc3c2C(=O)c2ccc(SCCN3CCCCC3)cc2)cc1.SCCN1CCCCC1. The molecule has 45 heavy (non-hydrogen) atoms. The first-order valence-electron chi connectivity index (χ1n) is 16.2. The molecule has 240 valence electrons. The van der Waals surface area contributed by atoms with E-state index in [0.29, 0.717) is 5.56 Å². The van der Waals surface area contributed by atoms with Crippen LogP contribution in [-0.2, 0) is 0 Å². The molecule has 4 aromatic rings. The number of carbonyl (C=O) groups is 1. The second kappa shape index (κ2) is 17.4. The average molecular weight is 663 g/mol. The molecule has 3 aromatic carbocycles. The minimum Gasteiger partial charge on any atom is -0.497 e. The molecule has 2 aliphatic rings. The smallest absolute Gasteiger partial charge is 0.195 e. The Hall–Kier alpha value is -2.49. The molecule has 6 rings (SSSR count). The Morgan fingerprint density at radius 2 is 1.38 bits per heavy atom. The zero-order valence-electron chi connectivity index (χ0n) is 26.6. The molecule has 1 aromatic heterocycles. The Kier molecular flexibility index (Phi) is 13.1. The van der Waals surface area contributed by atoms with Crippen LogP contribution in [0.2, 0.25) is 0 Å². The van der Waals surface area contributed by atoms with Gasteiger partial charge in [-0.1, -0.05) is 12.8 Å². The van der Waals surface area contributed by atoms with Crippen LogP contribution in [0.1, 0.15) is 54.4 Å². The van der Waals surface area contributed by atoms with Gasteiger partial charge in [0.15, 0.2) is 5.78 Å². The number of hydrogen-bond acceptors (Lipinski definition) is 8. The number of rotatable bonds is 11. The molecule has 5 nitrogen and oxygen atoms in total. The van der Waals surface area contributed by atoms with Crippen LogP contribution < -0.4 is 9.47 Å². The highest BCUT2D eigenvalue weighted by Gasteiger charge is 2.22. The maximum absolute atomic E-state index is 13.9. The Labute approximate surface area is 282 Å². The molecule has 8 heteroatoms. The second-order valence-electron chi connectivity index (χ2n) is 11.6. The Morgan fingerprint density at radius 1 is 0.778 bits per heavy atom. The third kappa shape index (κ3) is 9.29. The van der Waals surface area contributed by atoms with Crippen LogP contribution >= 0.6 is 35.7 Å². The summed E-state index contributed by atoms with van der Waals surface area (Å²) >= 11 is 7.67. The predicted molar refractivity (Wildman–Crippen MR) is 195 cm³/mol. The lowest BCUT2D eigenvalue weighted by Crippen LogP contribution is -2.31. The van der Waals surface area contributed by atoms with E-state index in [-0.39, 0.29) is 5.78 Å². The topological polar surface area (TPSA) is 42.0 Å². The zero-order chi connectivity index (χ0) is 31.4. The van der Waals surface area contributed by atoms with Crippen molar-refractivity contribution < 1.29 is 14.3 Å². The van der Waals surface area contributed by atoms with E-state index in [0.717, 1.165) is 55.6 Å². The predicted octanol–water partition coefficient (Wildman–Crippen LogP) is 8.80. The lowest BCUT2D eigenvalue weighted by Gasteiger charge is -2.26. The van der Waals surface area contributed by atoms with Crippen LogP contribution in [0.5, 0.6) is 11.5 Å². The van der Waals surface area contributed by atoms with Gasteiger partial charge in [0, 0.05) is 55.6 Å². The van der Waals surface area contributed by atoms with E-state index in [4.69, 9.17) is 9.47 Å². The molecule has 2 aliphatic heterocycles. The average Bonchev–Trinajstić information content (AvgIpc) is 3.48. The summed E-state index contributed by atoms with van der Waals surface area (Å²) in [7, 11) is 3.32. The molecule has 3 heterocycles. The van der Waals surface area contributed by atoms with Gasteiger partial charge in [0.2, 0.25) is 0 Å². The number of fused-ring (bicyclic) bond motifs is 1. The van der Waals surface area contributed by atoms with Crippen molar-refractivity contribution in [1.82, 2.24) is 9.80 Å². The van der Waals surface area contributed by atoms with E-state index in [1.54, 1.807) is 25.6 Å². The van der Waals surface area contributed by atoms with Crippen molar-refractivity contribution in [1.29, 1.82) is 0 Å². The summed E-state index contributed by atoms with van der Waals surface area (Å²) in [6.45, 7) is 7.38. The maximum Gasteiger partial charge on any atom is 0.195 e. The number of benzene rings is 3. The Bertz CT molecular complexity index is 1490. The van der Waals surface area contributed by atoms with Crippen LogP contribution in [-0.4, -0.2) is 80.6 Å². The summed E-state index contributed by atoms with van der Waals surface area (Å²) in [6, 6.07) is 21.9. The number of hydrogen-bond donors (Lipinski definition) is 1. The molecule has 2 saturated heterocycles. The van der Waals surface area contributed by atoms with E-state index in [1.807, 2.05) is 66.4 Å². The highest BCUT2D eigenvalue weighted by atomic mass is 32.2. The van der Waals surface area contributed by atoms with Gasteiger partial charge >= 0.3 is 0 Å². The number of ether oxygens (including phenoxy) is 2. The van der Waals surface area contributed by atoms with Gasteiger partial charge in [0.1, 0.15) is 11.5 Å². The minimum absolute atomic E-state index is 0.0436. The third-order valence-electron chi connectivity index (χ3n) is 8.58. The van der Waals surface area contributed by atoms with Crippen LogP contribution in [0, 0.1) is 0 Å². The molecule has 0 radical (unpaired) electrons. The zero-order valence-corrected chi connectivity index (χ0v) is 29.2. The standard InChI is InChI=1S/C30H31NO3S2.C7H15NS/c1-33-23-10-6-22(7-11-23)30-28(26-15-12-24(34-2)20-27(26)36-30)29(32)21-8-13-25(14-9-21)35-19-18-31-16-4-3-5-17-31;9-7-6-8-4-2-1-3-5-8/h6-15,20H,3-5,16-19H2,1-2H3;9H,1-7H2. The van der Waals surface area contributed by atoms with Crippen molar-refractivity contribution in [3.8, 4) is 21.9 Å². The Balaban J connectivity index is 0.000000383. The highest BCUT2D eigenvalue weighted by molar-refractivity contribution is 7.99. The van der Waals surface area contributed by atoms with Gasteiger partial charge < -0.3 is 19.3 Å². The number of thioether (sulfide) groups is 1. The lowest BCUT2D eigenvalue weighted by atomic mass is 9.97. The van der Waals surface area contributed by atoms with Crippen molar-refractivity contribution in [3.63, 3.8) is 0 Å². The molecule has 0 unspecified atom stereocenters. The third-order valence-corrected chi connectivity index (χ3v) is 11.0.